The van der Waals surface area contributed by atoms with Crippen molar-refractivity contribution in [2.75, 3.05) is 13.2 Å². The zero-order valence-electron chi connectivity index (χ0n) is 16.6. The molecule has 0 bridgehead atoms. The van der Waals surface area contributed by atoms with Gasteiger partial charge >= 0.3 is 11.9 Å². The Hall–Kier alpha value is -2.73. The van der Waals surface area contributed by atoms with Gasteiger partial charge in [-0.1, -0.05) is 0 Å². The highest BCUT2D eigenvalue weighted by molar-refractivity contribution is 5.96. The van der Waals surface area contributed by atoms with E-state index in [4.69, 9.17) is 14.2 Å². The highest BCUT2D eigenvalue weighted by atomic mass is 16.6. The minimum atomic E-state index is -1.43. The molecule has 0 aliphatic heterocycles. The summed E-state index contributed by atoms with van der Waals surface area (Å²) in [6.07, 6.45) is 1.42. The van der Waals surface area contributed by atoms with Gasteiger partial charge in [0.2, 0.25) is 12.0 Å². The summed E-state index contributed by atoms with van der Waals surface area (Å²) >= 11 is 0. The van der Waals surface area contributed by atoms with Crippen LogP contribution in [0.4, 0.5) is 0 Å². The molecule has 0 amide bonds. The molecule has 0 saturated carbocycles. The number of aryl methyl sites for hydroxylation is 1. The normalized spacial score (nSPS) is 12.1. The van der Waals surface area contributed by atoms with Crippen LogP contribution in [0.25, 0.3) is 0 Å². The van der Waals surface area contributed by atoms with Crippen molar-refractivity contribution >= 4 is 18.0 Å². The summed E-state index contributed by atoms with van der Waals surface area (Å²) in [6, 6.07) is 2.05. The third-order valence-corrected chi connectivity index (χ3v) is 3.42. The lowest BCUT2D eigenvalue weighted by Gasteiger charge is -2.23. The van der Waals surface area contributed by atoms with Crippen molar-refractivity contribution in [2.24, 2.45) is 10.9 Å². The molecule has 0 N–H and O–H groups in total. The standard InChI is InChI=1S/C19H26N2O6/c1-7-25-17(23)15(18(24)26-8-2)16(20-11-22)13-9-10-14(21-12(13)3)27-19(4,5)6/h9-10,15-16H,7-8H2,1-6H3. The van der Waals surface area contributed by atoms with Crippen molar-refractivity contribution in [1.82, 2.24) is 4.98 Å². The average molecular weight is 378 g/mol. The van der Waals surface area contributed by atoms with Gasteiger partial charge in [0.25, 0.3) is 0 Å². The molecule has 0 radical (unpaired) electrons. The molecule has 8 nitrogen and oxygen atoms in total. The van der Waals surface area contributed by atoms with Gasteiger partial charge in [0, 0.05) is 17.3 Å². The number of carbonyl (C=O) groups is 2. The van der Waals surface area contributed by atoms with Gasteiger partial charge in [0.15, 0.2) is 5.92 Å². The first-order valence-corrected chi connectivity index (χ1v) is 8.71. The predicted octanol–water partition coefficient (Wildman–Crippen LogP) is 2.69. The summed E-state index contributed by atoms with van der Waals surface area (Å²) in [5.41, 5.74) is 0.421. The third-order valence-electron chi connectivity index (χ3n) is 3.42. The molecular weight excluding hydrogens is 352 g/mol. The molecule has 0 aliphatic carbocycles. The Labute approximate surface area is 158 Å². The molecular formula is C19H26N2O6. The summed E-state index contributed by atoms with van der Waals surface area (Å²) in [5.74, 6) is -2.70. The molecule has 1 rings (SSSR count). The number of pyridine rings is 1. The number of nitrogens with zero attached hydrogens (tertiary/aromatic N) is 2. The fourth-order valence-corrected chi connectivity index (χ4v) is 2.43. The van der Waals surface area contributed by atoms with Crippen LogP contribution in [-0.2, 0) is 23.9 Å². The molecule has 8 heteroatoms. The first kappa shape index (κ1) is 22.3. The molecule has 1 unspecified atom stereocenters. The van der Waals surface area contributed by atoms with Gasteiger partial charge in [-0.25, -0.2) is 9.78 Å². The zero-order chi connectivity index (χ0) is 20.6. The van der Waals surface area contributed by atoms with Gasteiger partial charge in [-0.2, -0.15) is 4.99 Å². The van der Waals surface area contributed by atoms with Crippen molar-refractivity contribution < 1.29 is 28.6 Å². The van der Waals surface area contributed by atoms with Crippen LogP contribution >= 0.6 is 0 Å². The van der Waals surface area contributed by atoms with Crippen molar-refractivity contribution in [3.8, 4) is 5.88 Å². The maximum Gasteiger partial charge on any atom is 0.322 e. The second-order valence-corrected chi connectivity index (χ2v) is 6.69. The topological polar surface area (TPSA) is 104 Å². The van der Waals surface area contributed by atoms with Gasteiger partial charge in [-0.15, -0.1) is 0 Å². The fourth-order valence-electron chi connectivity index (χ4n) is 2.43. The third kappa shape index (κ3) is 6.49. The first-order valence-electron chi connectivity index (χ1n) is 8.71. The van der Waals surface area contributed by atoms with Crippen molar-refractivity contribution in [1.29, 1.82) is 0 Å². The minimum absolute atomic E-state index is 0.0713. The maximum atomic E-state index is 12.4. The number of esters is 2. The van der Waals surface area contributed by atoms with E-state index in [0.717, 1.165) is 0 Å². The fraction of sp³-hybridized carbons (Fsp3) is 0.579. The van der Waals surface area contributed by atoms with Crippen LogP contribution in [-0.4, -0.2) is 41.8 Å². The Bertz CT molecular complexity index is 701. The van der Waals surface area contributed by atoms with E-state index in [9.17, 15) is 14.4 Å². The molecule has 1 atom stereocenters. The number of aliphatic imine (C=N–C) groups is 1. The van der Waals surface area contributed by atoms with Crippen LogP contribution < -0.4 is 4.74 Å². The monoisotopic (exact) mass is 378 g/mol. The molecule has 0 spiro atoms. The van der Waals surface area contributed by atoms with Crippen LogP contribution in [0.5, 0.6) is 5.88 Å². The number of aromatic nitrogens is 1. The Morgan fingerprint density at radius 1 is 1.15 bits per heavy atom. The minimum Gasteiger partial charge on any atom is -0.472 e. The number of ether oxygens (including phenoxy) is 3. The molecule has 1 heterocycles. The molecule has 0 fully saturated rings. The van der Waals surface area contributed by atoms with Crippen molar-refractivity contribution in [3.63, 3.8) is 0 Å². The number of rotatable bonds is 8. The lowest BCUT2D eigenvalue weighted by Crippen LogP contribution is -2.33. The van der Waals surface area contributed by atoms with Crippen LogP contribution in [0.15, 0.2) is 17.1 Å². The maximum absolute atomic E-state index is 12.4. The number of hydrogen-bond acceptors (Lipinski definition) is 8. The molecule has 0 saturated heterocycles. The summed E-state index contributed by atoms with van der Waals surface area (Å²) in [7, 11) is 0. The number of hydrogen-bond donors (Lipinski definition) is 0. The van der Waals surface area contributed by atoms with Crippen LogP contribution in [0.2, 0.25) is 0 Å². The van der Waals surface area contributed by atoms with E-state index >= 15 is 0 Å². The molecule has 1 aromatic rings. The van der Waals surface area contributed by atoms with Gasteiger partial charge in [-0.05, 0) is 47.6 Å². The quantitative estimate of drug-likeness (QED) is 0.296. The van der Waals surface area contributed by atoms with E-state index in [0.29, 0.717) is 17.1 Å². The largest absolute Gasteiger partial charge is 0.472 e. The highest BCUT2D eigenvalue weighted by Crippen LogP contribution is 2.31. The smallest absolute Gasteiger partial charge is 0.322 e. The van der Waals surface area contributed by atoms with Crippen molar-refractivity contribution in [2.45, 2.75) is 53.2 Å². The van der Waals surface area contributed by atoms with E-state index in [1.54, 1.807) is 32.9 Å². The van der Waals surface area contributed by atoms with Gasteiger partial charge in [-0.3, -0.25) is 9.59 Å². The Balaban J connectivity index is 3.37. The molecule has 27 heavy (non-hydrogen) atoms. The number of isocyanates is 1. The van der Waals surface area contributed by atoms with E-state index in [-0.39, 0.29) is 13.2 Å². The lowest BCUT2D eigenvalue weighted by atomic mass is 9.92. The van der Waals surface area contributed by atoms with Crippen LogP contribution in [0.3, 0.4) is 0 Å². The second kappa shape index (κ2) is 9.83. The Morgan fingerprint density at radius 2 is 1.70 bits per heavy atom. The Kier molecular flexibility index (Phi) is 8.12. The van der Waals surface area contributed by atoms with Gasteiger partial charge in [0.1, 0.15) is 11.6 Å². The van der Waals surface area contributed by atoms with E-state index in [1.165, 1.54) is 6.08 Å². The molecule has 148 valence electrons. The van der Waals surface area contributed by atoms with E-state index in [1.807, 2.05) is 20.8 Å². The first-order chi connectivity index (χ1) is 12.6. The Morgan fingerprint density at radius 3 is 2.11 bits per heavy atom. The number of carbonyl (C=O) groups excluding carboxylic acids is 3. The van der Waals surface area contributed by atoms with Crippen molar-refractivity contribution in [3.05, 3.63) is 23.4 Å². The van der Waals surface area contributed by atoms with E-state index in [2.05, 4.69) is 9.98 Å². The summed E-state index contributed by atoms with van der Waals surface area (Å²) in [4.78, 5) is 43.7. The molecule has 1 aromatic heterocycles. The molecule has 0 aromatic carbocycles. The van der Waals surface area contributed by atoms with Gasteiger partial charge < -0.3 is 14.2 Å². The van der Waals surface area contributed by atoms with Crippen LogP contribution in [0, 0.1) is 12.8 Å². The molecule has 0 aliphatic rings. The second-order valence-electron chi connectivity index (χ2n) is 6.69. The van der Waals surface area contributed by atoms with E-state index < -0.39 is 29.5 Å². The summed E-state index contributed by atoms with van der Waals surface area (Å²) in [5, 5.41) is 0. The zero-order valence-corrected chi connectivity index (χ0v) is 16.6. The highest BCUT2D eigenvalue weighted by Gasteiger charge is 2.39. The SMILES string of the molecule is CCOC(=O)C(C(=O)OCC)C(N=C=O)c1ccc(OC(C)(C)C)nc1C. The average Bonchev–Trinajstić information content (AvgIpc) is 2.53. The summed E-state index contributed by atoms with van der Waals surface area (Å²) in [6.45, 7) is 10.7. The lowest BCUT2D eigenvalue weighted by molar-refractivity contribution is -0.162. The van der Waals surface area contributed by atoms with Crippen LogP contribution in [0.1, 0.15) is 51.9 Å². The summed E-state index contributed by atoms with van der Waals surface area (Å²) < 4.78 is 15.7. The van der Waals surface area contributed by atoms with Gasteiger partial charge in [0.05, 0.1) is 13.2 Å². The predicted molar refractivity (Wildman–Crippen MR) is 97.0 cm³/mol.